The summed E-state index contributed by atoms with van der Waals surface area (Å²) in [5, 5.41) is 6.21. The molecule has 0 aliphatic heterocycles. The predicted molar refractivity (Wildman–Crippen MR) is 93.6 cm³/mol. The first-order valence-corrected chi connectivity index (χ1v) is 8.58. The van der Waals surface area contributed by atoms with Crippen LogP contribution in [0.25, 0.3) is 0 Å². The Labute approximate surface area is 138 Å². The summed E-state index contributed by atoms with van der Waals surface area (Å²) in [7, 11) is 0. The lowest BCUT2D eigenvalue weighted by Gasteiger charge is -2.21. The Morgan fingerprint density at radius 2 is 1.86 bits per heavy atom. The molecule has 0 aromatic carbocycles. The molecule has 2 N–H and O–H groups in total. The molecule has 1 heterocycles. The second-order valence-electron chi connectivity index (χ2n) is 7.68. The monoisotopic (exact) mass is 326 g/mol. The average molecular weight is 327 g/mol. The second kappa shape index (κ2) is 7.47. The Balaban J connectivity index is 2.33. The van der Waals surface area contributed by atoms with Gasteiger partial charge in [0.15, 0.2) is 0 Å². The van der Waals surface area contributed by atoms with E-state index in [9.17, 15) is 4.79 Å². The zero-order chi connectivity index (χ0) is 17.0. The Morgan fingerprint density at radius 1 is 1.23 bits per heavy atom. The van der Waals surface area contributed by atoms with Gasteiger partial charge in [-0.05, 0) is 45.2 Å². The SMILES string of the molecule is CC(CNC(=O)OC(C)(C)C)NCc1ccc(C(C)(C)C)s1. The van der Waals surface area contributed by atoms with Gasteiger partial charge in [0.05, 0.1) is 0 Å². The highest BCUT2D eigenvalue weighted by Crippen LogP contribution is 2.29. The van der Waals surface area contributed by atoms with Gasteiger partial charge in [0.1, 0.15) is 5.60 Å². The lowest BCUT2D eigenvalue weighted by molar-refractivity contribution is 0.0523. The van der Waals surface area contributed by atoms with Crippen LogP contribution in [0.3, 0.4) is 0 Å². The number of ether oxygens (including phenoxy) is 1. The highest BCUT2D eigenvalue weighted by molar-refractivity contribution is 7.12. The summed E-state index contributed by atoms with van der Waals surface area (Å²) < 4.78 is 5.22. The fourth-order valence-corrected chi connectivity index (χ4v) is 2.79. The van der Waals surface area contributed by atoms with Gasteiger partial charge in [0.2, 0.25) is 0 Å². The Kier molecular flexibility index (Phi) is 6.44. The summed E-state index contributed by atoms with van der Waals surface area (Å²) in [4.78, 5) is 14.3. The lowest BCUT2D eigenvalue weighted by Crippen LogP contribution is -2.40. The summed E-state index contributed by atoms with van der Waals surface area (Å²) >= 11 is 1.84. The van der Waals surface area contributed by atoms with E-state index >= 15 is 0 Å². The largest absolute Gasteiger partial charge is 0.444 e. The van der Waals surface area contributed by atoms with E-state index in [0.717, 1.165) is 6.54 Å². The van der Waals surface area contributed by atoms with Gasteiger partial charge in [0, 0.05) is 28.9 Å². The number of carbonyl (C=O) groups is 1. The topological polar surface area (TPSA) is 50.4 Å². The molecule has 22 heavy (non-hydrogen) atoms. The van der Waals surface area contributed by atoms with Crippen LogP contribution in [0.4, 0.5) is 4.79 Å². The van der Waals surface area contributed by atoms with Gasteiger partial charge < -0.3 is 15.4 Å². The van der Waals surface area contributed by atoms with Gasteiger partial charge in [-0.2, -0.15) is 0 Å². The molecule has 0 aliphatic carbocycles. The third kappa shape index (κ3) is 7.27. The minimum absolute atomic E-state index is 0.188. The number of nitrogens with one attached hydrogen (secondary N) is 2. The van der Waals surface area contributed by atoms with E-state index in [1.165, 1.54) is 9.75 Å². The van der Waals surface area contributed by atoms with E-state index in [-0.39, 0.29) is 17.6 Å². The van der Waals surface area contributed by atoms with Crippen LogP contribution in [-0.2, 0) is 16.7 Å². The predicted octanol–water partition coefficient (Wildman–Crippen LogP) is 4.05. The summed E-state index contributed by atoms with van der Waals surface area (Å²) in [5.74, 6) is 0. The van der Waals surface area contributed by atoms with Gasteiger partial charge in [0.25, 0.3) is 0 Å². The summed E-state index contributed by atoms with van der Waals surface area (Å²) in [6.45, 7) is 15.7. The molecule has 4 nitrogen and oxygen atoms in total. The molecule has 0 spiro atoms. The maximum Gasteiger partial charge on any atom is 0.407 e. The molecule has 1 rings (SSSR count). The molecule has 1 aromatic heterocycles. The quantitative estimate of drug-likeness (QED) is 0.858. The minimum Gasteiger partial charge on any atom is -0.444 e. The Hall–Kier alpha value is -1.07. The van der Waals surface area contributed by atoms with Crippen molar-refractivity contribution in [3.05, 3.63) is 21.9 Å². The van der Waals surface area contributed by atoms with Crippen molar-refractivity contribution in [3.63, 3.8) is 0 Å². The smallest absolute Gasteiger partial charge is 0.407 e. The van der Waals surface area contributed by atoms with E-state index in [2.05, 4.69) is 50.5 Å². The van der Waals surface area contributed by atoms with Crippen LogP contribution in [0.2, 0.25) is 0 Å². The normalized spacial score (nSPS) is 13.8. The molecule has 5 heteroatoms. The molecule has 0 bridgehead atoms. The van der Waals surface area contributed by atoms with Crippen molar-refractivity contribution in [2.45, 2.75) is 72.1 Å². The van der Waals surface area contributed by atoms with Crippen LogP contribution in [0.15, 0.2) is 12.1 Å². The van der Waals surface area contributed by atoms with Crippen LogP contribution >= 0.6 is 11.3 Å². The first kappa shape index (κ1) is 19.0. The van der Waals surface area contributed by atoms with Crippen LogP contribution in [-0.4, -0.2) is 24.3 Å². The van der Waals surface area contributed by atoms with Crippen molar-refractivity contribution < 1.29 is 9.53 Å². The van der Waals surface area contributed by atoms with Crippen molar-refractivity contribution in [3.8, 4) is 0 Å². The van der Waals surface area contributed by atoms with Gasteiger partial charge in [-0.3, -0.25) is 0 Å². The van der Waals surface area contributed by atoms with Crippen molar-refractivity contribution in [2.24, 2.45) is 0 Å². The van der Waals surface area contributed by atoms with Gasteiger partial charge >= 0.3 is 6.09 Å². The standard InChI is InChI=1S/C17H30N2O2S/c1-12(10-19-15(20)21-17(5,6)7)18-11-13-8-9-14(22-13)16(2,3)4/h8-9,12,18H,10-11H2,1-7H3,(H,19,20). The van der Waals surface area contributed by atoms with E-state index in [1.807, 2.05) is 32.1 Å². The van der Waals surface area contributed by atoms with Crippen LogP contribution in [0, 0.1) is 0 Å². The van der Waals surface area contributed by atoms with Crippen LogP contribution in [0.1, 0.15) is 58.2 Å². The van der Waals surface area contributed by atoms with E-state index in [4.69, 9.17) is 4.74 Å². The highest BCUT2D eigenvalue weighted by atomic mass is 32.1. The number of carbonyl (C=O) groups excluding carboxylic acids is 1. The van der Waals surface area contributed by atoms with E-state index in [1.54, 1.807) is 0 Å². The number of amides is 1. The average Bonchev–Trinajstić information content (AvgIpc) is 2.80. The Morgan fingerprint density at radius 3 is 2.36 bits per heavy atom. The molecule has 0 saturated carbocycles. The zero-order valence-corrected chi connectivity index (χ0v) is 15.7. The van der Waals surface area contributed by atoms with E-state index in [0.29, 0.717) is 6.54 Å². The van der Waals surface area contributed by atoms with Gasteiger partial charge in [-0.25, -0.2) is 4.79 Å². The summed E-state index contributed by atoms with van der Waals surface area (Å²) in [6.07, 6.45) is -0.368. The third-order valence-corrected chi connectivity index (χ3v) is 4.49. The van der Waals surface area contributed by atoms with Crippen LogP contribution < -0.4 is 10.6 Å². The molecule has 126 valence electrons. The van der Waals surface area contributed by atoms with E-state index < -0.39 is 5.60 Å². The zero-order valence-electron chi connectivity index (χ0n) is 14.9. The van der Waals surface area contributed by atoms with Gasteiger partial charge in [-0.15, -0.1) is 11.3 Å². The molecular weight excluding hydrogens is 296 g/mol. The van der Waals surface area contributed by atoms with Crippen molar-refractivity contribution in [1.29, 1.82) is 0 Å². The van der Waals surface area contributed by atoms with Crippen molar-refractivity contribution >= 4 is 17.4 Å². The Bertz CT molecular complexity index is 484. The first-order chi connectivity index (χ1) is 9.97. The molecule has 0 radical (unpaired) electrons. The molecule has 1 atom stereocenters. The molecule has 1 amide bonds. The second-order valence-corrected chi connectivity index (χ2v) is 8.85. The lowest BCUT2D eigenvalue weighted by atomic mass is 9.95. The molecule has 0 saturated heterocycles. The molecule has 0 fully saturated rings. The number of thiophene rings is 1. The minimum atomic E-state index is -0.457. The molecule has 1 unspecified atom stereocenters. The fourth-order valence-electron chi connectivity index (χ4n) is 1.77. The molecular formula is C17H30N2O2S. The number of hydrogen-bond acceptors (Lipinski definition) is 4. The highest BCUT2D eigenvalue weighted by Gasteiger charge is 2.17. The third-order valence-electron chi connectivity index (χ3n) is 2.98. The molecule has 0 aliphatic rings. The van der Waals surface area contributed by atoms with Crippen LogP contribution in [0.5, 0.6) is 0 Å². The maximum absolute atomic E-state index is 11.6. The fraction of sp³-hybridized carbons (Fsp3) is 0.706. The number of alkyl carbamates (subject to hydrolysis) is 1. The molecule has 1 aromatic rings. The maximum atomic E-state index is 11.6. The van der Waals surface area contributed by atoms with Gasteiger partial charge in [-0.1, -0.05) is 20.8 Å². The van der Waals surface area contributed by atoms with Crippen molar-refractivity contribution in [2.75, 3.05) is 6.54 Å². The number of rotatable bonds is 5. The van der Waals surface area contributed by atoms with Crippen molar-refractivity contribution in [1.82, 2.24) is 10.6 Å². The summed E-state index contributed by atoms with van der Waals surface area (Å²) in [6, 6.07) is 4.56. The summed E-state index contributed by atoms with van der Waals surface area (Å²) in [5.41, 5.74) is -0.256. The number of hydrogen-bond donors (Lipinski definition) is 2. The first-order valence-electron chi connectivity index (χ1n) is 7.77.